The average molecular weight is 599 g/mol. The molecule has 5 fully saturated rings. The average Bonchev–Trinajstić information content (AvgIpc) is 3.12. The topological polar surface area (TPSA) is 55.8 Å². The number of thiocarbonyl (C=S) groups is 1. The summed E-state index contributed by atoms with van der Waals surface area (Å²) in [5.41, 5.74) is 2.21. The van der Waals surface area contributed by atoms with Crippen LogP contribution < -0.4 is 14.4 Å². The minimum Gasteiger partial charge on any atom is -0.493 e. The normalized spacial score (nSPS) is 29.3. The van der Waals surface area contributed by atoms with Crippen molar-refractivity contribution in [2.45, 2.75) is 45.4 Å². The molecule has 5 aliphatic rings. The van der Waals surface area contributed by atoms with Crippen LogP contribution in [0.2, 0.25) is 0 Å². The third kappa shape index (κ3) is 4.55. The van der Waals surface area contributed by atoms with Gasteiger partial charge in [-0.3, -0.25) is 14.5 Å². The summed E-state index contributed by atoms with van der Waals surface area (Å²) in [6, 6.07) is 11.4. The van der Waals surface area contributed by atoms with E-state index in [2.05, 4.69) is 15.9 Å². The van der Waals surface area contributed by atoms with Crippen LogP contribution in [0.15, 0.2) is 45.8 Å². The molecule has 4 aliphatic carbocycles. The Morgan fingerprint density at radius 1 is 1.14 bits per heavy atom. The maximum Gasteiger partial charge on any atom is 0.317 e. The predicted octanol–water partition coefficient (Wildman–Crippen LogP) is 7.29. The van der Waals surface area contributed by atoms with Crippen LogP contribution in [-0.2, 0) is 9.59 Å². The van der Waals surface area contributed by atoms with E-state index in [4.69, 9.17) is 21.7 Å². The van der Waals surface area contributed by atoms with Gasteiger partial charge in [0.05, 0.1) is 27.6 Å². The van der Waals surface area contributed by atoms with Crippen LogP contribution in [0, 0.1) is 30.1 Å². The first-order valence-electron chi connectivity index (χ1n) is 12.7. The zero-order valence-electron chi connectivity index (χ0n) is 20.8. The molecule has 37 heavy (non-hydrogen) atoms. The summed E-state index contributed by atoms with van der Waals surface area (Å²) in [4.78, 5) is 28.9. The van der Waals surface area contributed by atoms with Crippen molar-refractivity contribution in [1.29, 1.82) is 0 Å². The summed E-state index contributed by atoms with van der Waals surface area (Å²) in [6.07, 6.45) is 8.43. The molecule has 0 aromatic heterocycles. The number of carbonyl (C=O) groups is 2. The van der Waals surface area contributed by atoms with E-state index in [9.17, 15) is 9.59 Å². The fraction of sp³-hybridized carbons (Fsp3) is 0.414. The largest absolute Gasteiger partial charge is 0.493 e. The van der Waals surface area contributed by atoms with Crippen molar-refractivity contribution in [1.82, 2.24) is 0 Å². The van der Waals surface area contributed by atoms with E-state index in [0.717, 1.165) is 36.1 Å². The number of ether oxygens (including phenoxy) is 2. The van der Waals surface area contributed by atoms with Crippen molar-refractivity contribution in [2.24, 2.45) is 23.2 Å². The third-order valence-electron chi connectivity index (χ3n) is 8.27. The maximum absolute atomic E-state index is 13.5. The van der Waals surface area contributed by atoms with Crippen LogP contribution in [0.25, 0.3) is 6.08 Å². The second kappa shape index (κ2) is 9.54. The molecule has 5 nitrogen and oxygen atoms in total. The van der Waals surface area contributed by atoms with Crippen LogP contribution in [0.5, 0.6) is 11.5 Å². The standard InChI is InChI=1S/C29H28BrNO4S2/c1-16-4-3-5-21(6-16)31-26(32)24(37-28(31)36)12-17-10-22(30)25(23(11-17)34-2)35-27(33)29-13-18-7-19(14-29)9-20(8-18)15-29/h3-6,10-12,18-20H,7-9,13-15H2,1-2H3/b24-12+. The van der Waals surface area contributed by atoms with Gasteiger partial charge in [-0.15, -0.1) is 0 Å². The summed E-state index contributed by atoms with van der Waals surface area (Å²) in [5, 5.41) is 0. The van der Waals surface area contributed by atoms with Gasteiger partial charge in [-0.05, 0) is 121 Å². The van der Waals surface area contributed by atoms with Crippen molar-refractivity contribution < 1.29 is 19.1 Å². The zero-order chi connectivity index (χ0) is 25.9. The van der Waals surface area contributed by atoms with Gasteiger partial charge in [0.25, 0.3) is 5.91 Å². The van der Waals surface area contributed by atoms with Gasteiger partial charge in [0.1, 0.15) is 0 Å². The minimum absolute atomic E-state index is 0.127. The van der Waals surface area contributed by atoms with Crippen molar-refractivity contribution >= 4 is 67.9 Å². The van der Waals surface area contributed by atoms with Crippen LogP contribution >= 0.6 is 39.9 Å². The fourth-order valence-corrected chi connectivity index (χ4v) is 8.93. The summed E-state index contributed by atoms with van der Waals surface area (Å²) >= 11 is 10.4. The Morgan fingerprint density at radius 2 is 1.81 bits per heavy atom. The Bertz CT molecular complexity index is 1320. The number of rotatable bonds is 5. The van der Waals surface area contributed by atoms with Crippen LogP contribution in [0.3, 0.4) is 0 Å². The molecular formula is C29H28BrNO4S2. The lowest BCUT2D eigenvalue weighted by molar-refractivity contribution is -0.161. The van der Waals surface area contributed by atoms with Gasteiger partial charge in [0.2, 0.25) is 0 Å². The summed E-state index contributed by atoms with van der Waals surface area (Å²) < 4.78 is 12.8. The monoisotopic (exact) mass is 597 g/mol. The number of benzene rings is 2. The Labute approximate surface area is 235 Å². The van der Waals surface area contributed by atoms with E-state index in [1.807, 2.05) is 37.3 Å². The summed E-state index contributed by atoms with van der Waals surface area (Å²) in [6.45, 7) is 1.98. The zero-order valence-corrected chi connectivity index (χ0v) is 24.0. The van der Waals surface area contributed by atoms with Gasteiger partial charge in [0, 0.05) is 0 Å². The number of hydrogen-bond donors (Lipinski definition) is 0. The molecule has 192 valence electrons. The number of amides is 1. The lowest BCUT2D eigenvalue weighted by Gasteiger charge is -2.55. The Morgan fingerprint density at radius 3 is 2.43 bits per heavy atom. The second-order valence-electron chi connectivity index (χ2n) is 11.0. The molecule has 0 radical (unpaired) electrons. The second-order valence-corrected chi connectivity index (χ2v) is 13.5. The van der Waals surface area contributed by atoms with Gasteiger partial charge in [-0.2, -0.15) is 0 Å². The highest BCUT2D eigenvalue weighted by Gasteiger charge is 2.55. The fourth-order valence-electron chi connectivity index (χ4n) is 7.09. The van der Waals surface area contributed by atoms with Crippen molar-refractivity contribution in [3.05, 3.63) is 56.9 Å². The number of esters is 1. The molecule has 8 heteroatoms. The number of hydrogen-bond acceptors (Lipinski definition) is 6. The number of methoxy groups -OCH3 is 1. The molecule has 1 heterocycles. The summed E-state index contributed by atoms with van der Waals surface area (Å²) in [5.74, 6) is 2.53. The number of anilines is 1. The van der Waals surface area contributed by atoms with Crippen LogP contribution in [-0.4, -0.2) is 23.3 Å². The van der Waals surface area contributed by atoms with E-state index >= 15 is 0 Å². The molecule has 2 aromatic carbocycles. The Kier molecular flexibility index (Phi) is 6.48. The molecule has 1 amide bonds. The smallest absolute Gasteiger partial charge is 0.317 e. The lowest BCUT2D eigenvalue weighted by Crippen LogP contribution is -2.51. The molecule has 4 saturated carbocycles. The molecule has 2 aromatic rings. The summed E-state index contributed by atoms with van der Waals surface area (Å²) in [7, 11) is 1.56. The van der Waals surface area contributed by atoms with E-state index in [0.29, 0.717) is 43.0 Å². The highest BCUT2D eigenvalue weighted by molar-refractivity contribution is 9.10. The molecule has 4 bridgehead atoms. The predicted molar refractivity (Wildman–Crippen MR) is 154 cm³/mol. The third-order valence-corrected chi connectivity index (χ3v) is 10.2. The Hall–Kier alpha value is -2.16. The van der Waals surface area contributed by atoms with E-state index < -0.39 is 0 Å². The van der Waals surface area contributed by atoms with Crippen molar-refractivity contribution in [3.8, 4) is 11.5 Å². The van der Waals surface area contributed by atoms with Gasteiger partial charge >= 0.3 is 5.97 Å². The van der Waals surface area contributed by atoms with Gasteiger partial charge < -0.3 is 9.47 Å². The highest BCUT2D eigenvalue weighted by atomic mass is 79.9. The first-order valence-corrected chi connectivity index (χ1v) is 14.7. The number of aryl methyl sites for hydroxylation is 1. The SMILES string of the molecule is COc1cc(/C=C2/SC(=S)N(c3cccc(C)c3)C2=O)cc(Br)c1OC(=O)C12CC3CC(CC(C3)C1)C2. The van der Waals surface area contributed by atoms with Crippen molar-refractivity contribution in [2.75, 3.05) is 12.0 Å². The van der Waals surface area contributed by atoms with Crippen molar-refractivity contribution in [3.63, 3.8) is 0 Å². The highest BCUT2D eigenvalue weighted by Crippen LogP contribution is 2.60. The molecule has 0 atom stereocenters. The quantitative estimate of drug-likeness (QED) is 0.156. The number of carbonyl (C=O) groups excluding carboxylic acids is 2. The number of halogens is 1. The molecule has 0 spiro atoms. The number of thioether (sulfide) groups is 1. The van der Waals surface area contributed by atoms with E-state index in [1.165, 1.54) is 31.0 Å². The molecule has 1 aliphatic heterocycles. The van der Waals surface area contributed by atoms with Crippen LogP contribution in [0.1, 0.15) is 49.7 Å². The Balaban J connectivity index is 1.25. The molecule has 0 N–H and O–H groups in total. The molecular weight excluding hydrogens is 570 g/mol. The number of nitrogens with zero attached hydrogens (tertiary/aromatic N) is 1. The van der Waals surface area contributed by atoms with Gasteiger partial charge in [0.15, 0.2) is 15.8 Å². The van der Waals surface area contributed by atoms with Crippen LogP contribution in [0.4, 0.5) is 5.69 Å². The molecule has 0 unspecified atom stereocenters. The molecule has 1 saturated heterocycles. The van der Waals surface area contributed by atoms with E-state index in [1.54, 1.807) is 24.2 Å². The van der Waals surface area contributed by atoms with E-state index in [-0.39, 0.29) is 17.3 Å². The minimum atomic E-state index is -0.359. The lowest BCUT2D eigenvalue weighted by atomic mass is 9.49. The van der Waals surface area contributed by atoms with Gasteiger partial charge in [-0.1, -0.05) is 36.1 Å². The molecule has 7 rings (SSSR count). The first-order chi connectivity index (χ1) is 17.7. The van der Waals surface area contributed by atoms with Gasteiger partial charge in [-0.25, -0.2) is 0 Å². The maximum atomic E-state index is 13.5. The first kappa shape index (κ1) is 25.1.